The quantitative estimate of drug-likeness (QED) is 0.422. The molecule has 0 aliphatic carbocycles. The molecular formula is C22H19BO3. The van der Waals surface area contributed by atoms with Crippen LogP contribution in [-0.2, 0) is 6.42 Å². The Bertz CT molecular complexity index is 1010. The Labute approximate surface area is 152 Å². The molecule has 4 rings (SSSR count). The first-order chi connectivity index (χ1) is 12.7. The zero-order valence-corrected chi connectivity index (χ0v) is 14.5. The number of hydrogen-bond donors (Lipinski definition) is 2. The lowest BCUT2D eigenvalue weighted by atomic mass is 9.90. The van der Waals surface area contributed by atoms with E-state index in [4.69, 9.17) is 4.65 Å². The first-order valence-electron chi connectivity index (χ1n) is 8.74. The molecule has 128 valence electrons. The Kier molecular flexibility index (Phi) is 4.37. The summed E-state index contributed by atoms with van der Waals surface area (Å²) < 4.78 is 5.38. The van der Waals surface area contributed by atoms with Gasteiger partial charge in [-0.2, -0.15) is 0 Å². The molecule has 0 heterocycles. The number of hydrogen-bond acceptors (Lipinski definition) is 3. The molecule has 0 aliphatic rings. The topological polar surface area (TPSA) is 49.7 Å². The molecule has 0 radical (unpaired) electrons. The van der Waals surface area contributed by atoms with Gasteiger partial charge in [-0.15, -0.1) is 0 Å². The Morgan fingerprint density at radius 1 is 0.731 bits per heavy atom. The second-order valence-electron chi connectivity index (χ2n) is 6.29. The molecule has 0 amide bonds. The minimum Gasteiger partial charge on any atom is -0.511 e. The average molecular weight is 342 g/mol. The van der Waals surface area contributed by atoms with Gasteiger partial charge in [-0.3, -0.25) is 0 Å². The molecule has 0 aliphatic heterocycles. The van der Waals surface area contributed by atoms with Gasteiger partial charge < -0.3 is 14.7 Å². The van der Waals surface area contributed by atoms with E-state index in [-0.39, 0.29) is 0 Å². The van der Waals surface area contributed by atoms with Crippen LogP contribution in [0.4, 0.5) is 0 Å². The third kappa shape index (κ3) is 2.83. The summed E-state index contributed by atoms with van der Waals surface area (Å²) in [5.41, 5.74) is 3.55. The maximum Gasteiger partial charge on any atom is 0.707 e. The average Bonchev–Trinajstić information content (AvgIpc) is 2.68. The lowest BCUT2D eigenvalue weighted by Crippen LogP contribution is -2.21. The minimum atomic E-state index is -1.86. The Balaban J connectivity index is 2.11. The third-order valence-electron chi connectivity index (χ3n) is 4.76. The van der Waals surface area contributed by atoms with E-state index in [0.717, 1.165) is 39.1 Å². The van der Waals surface area contributed by atoms with E-state index in [1.165, 1.54) is 5.56 Å². The van der Waals surface area contributed by atoms with Gasteiger partial charge in [0.05, 0.1) is 0 Å². The van der Waals surface area contributed by atoms with Gasteiger partial charge in [-0.25, -0.2) is 0 Å². The van der Waals surface area contributed by atoms with E-state index in [2.05, 4.69) is 31.2 Å². The van der Waals surface area contributed by atoms with Gasteiger partial charge in [-0.1, -0.05) is 79.7 Å². The highest BCUT2D eigenvalue weighted by atomic mass is 16.6. The van der Waals surface area contributed by atoms with E-state index < -0.39 is 7.32 Å². The predicted octanol–water partition coefficient (Wildman–Crippen LogP) is 4.57. The number of benzene rings is 4. The van der Waals surface area contributed by atoms with Crippen LogP contribution in [0.1, 0.15) is 12.5 Å². The first-order valence-corrected chi connectivity index (χ1v) is 8.74. The molecule has 0 fully saturated rings. The number of fused-ring (bicyclic) bond motifs is 2. The van der Waals surface area contributed by atoms with Crippen molar-refractivity contribution in [1.29, 1.82) is 0 Å². The zero-order valence-electron chi connectivity index (χ0n) is 14.5. The summed E-state index contributed by atoms with van der Waals surface area (Å²) in [6.45, 7) is 2.14. The van der Waals surface area contributed by atoms with E-state index >= 15 is 0 Å². The summed E-state index contributed by atoms with van der Waals surface area (Å²) in [5, 5.41) is 22.6. The van der Waals surface area contributed by atoms with Crippen molar-refractivity contribution in [2.24, 2.45) is 0 Å². The monoisotopic (exact) mass is 342 g/mol. The summed E-state index contributed by atoms with van der Waals surface area (Å²) in [5.74, 6) is 0.486. The first kappa shape index (κ1) is 16.6. The van der Waals surface area contributed by atoms with Crippen molar-refractivity contribution in [2.75, 3.05) is 0 Å². The molecule has 0 saturated heterocycles. The fraction of sp³-hybridized carbons (Fsp3) is 0.0909. The van der Waals surface area contributed by atoms with Gasteiger partial charge >= 0.3 is 7.32 Å². The van der Waals surface area contributed by atoms with Crippen LogP contribution in [0.25, 0.3) is 32.7 Å². The maximum atomic E-state index is 9.40. The Morgan fingerprint density at radius 2 is 1.23 bits per heavy atom. The normalized spacial score (nSPS) is 11.0. The lowest BCUT2D eigenvalue weighted by Gasteiger charge is -2.17. The van der Waals surface area contributed by atoms with Crippen LogP contribution in [0.3, 0.4) is 0 Å². The Hall–Kier alpha value is -2.82. The number of aryl methyl sites for hydroxylation is 1. The molecule has 3 nitrogen and oxygen atoms in total. The van der Waals surface area contributed by atoms with Crippen molar-refractivity contribution in [1.82, 2.24) is 0 Å². The minimum absolute atomic E-state index is 0.486. The molecule has 4 heteroatoms. The van der Waals surface area contributed by atoms with Crippen LogP contribution in [-0.4, -0.2) is 17.4 Å². The fourth-order valence-electron chi connectivity index (χ4n) is 3.54. The standard InChI is InChI=1S/C22H19BO3/c1-2-15-11-13-16(14-12-15)21-17-7-3-5-9-19(17)22(26-23(24)25)20-10-6-4-8-18(20)21/h3-14,24-25H,2H2,1H3. The highest BCUT2D eigenvalue weighted by Crippen LogP contribution is 2.43. The third-order valence-corrected chi connectivity index (χ3v) is 4.76. The van der Waals surface area contributed by atoms with Gasteiger partial charge in [0.25, 0.3) is 0 Å². The molecule has 0 spiro atoms. The van der Waals surface area contributed by atoms with E-state index in [1.807, 2.05) is 48.5 Å². The maximum absolute atomic E-state index is 9.40. The van der Waals surface area contributed by atoms with Gasteiger partial charge in [0.2, 0.25) is 0 Å². The van der Waals surface area contributed by atoms with Crippen LogP contribution < -0.4 is 4.65 Å². The highest BCUT2D eigenvalue weighted by Gasteiger charge is 2.20. The molecule has 0 saturated carbocycles. The molecule has 0 atom stereocenters. The van der Waals surface area contributed by atoms with Crippen molar-refractivity contribution >= 4 is 28.9 Å². The van der Waals surface area contributed by atoms with Gasteiger partial charge in [0.1, 0.15) is 5.75 Å². The smallest absolute Gasteiger partial charge is 0.511 e. The highest BCUT2D eigenvalue weighted by molar-refractivity contribution is 6.35. The lowest BCUT2D eigenvalue weighted by molar-refractivity contribution is 0.291. The summed E-state index contributed by atoms with van der Waals surface area (Å²) in [7, 11) is -1.86. The molecule has 4 aromatic carbocycles. The molecule has 4 aromatic rings. The van der Waals surface area contributed by atoms with Gasteiger partial charge in [-0.05, 0) is 33.9 Å². The fourth-order valence-corrected chi connectivity index (χ4v) is 3.54. The largest absolute Gasteiger partial charge is 0.707 e. The van der Waals surface area contributed by atoms with Crippen LogP contribution >= 0.6 is 0 Å². The van der Waals surface area contributed by atoms with Crippen molar-refractivity contribution in [3.8, 4) is 16.9 Å². The van der Waals surface area contributed by atoms with Crippen molar-refractivity contribution in [2.45, 2.75) is 13.3 Å². The van der Waals surface area contributed by atoms with Crippen molar-refractivity contribution in [3.63, 3.8) is 0 Å². The van der Waals surface area contributed by atoms with Gasteiger partial charge in [0, 0.05) is 10.8 Å². The second kappa shape index (κ2) is 6.83. The van der Waals surface area contributed by atoms with E-state index in [9.17, 15) is 10.0 Å². The molecular weight excluding hydrogens is 323 g/mol. The molecule has 26 heavy (non-hydrogen) atoms. The van der Waals surface area contributed by atoms with Crippen LogP contribution in [0.5, 0.6) is 5.75 Å². The van der Waals surface area contributed by atoms with Crippen molar-refractivity contribution < 1.29 is 14.7 Å². The van der Waals surface area contributed by atoms with Crippen LogP contribution in [0.15, 0.2) is 72.8 Å². The van der Waals surface area contributed by atoms with Crippen LogP contribution in [0.2, 0.25) is 0 Å². The SMILES string of the molecule is CCc1ccc(-c2c3ccccc3c(OB(O)O)c3ccccc23)cc1. The molecule has 2 N–H and O–H groups in total. The van der Waals surface area contributed by atoms with Crippen molar-refractivity contribution in [3.05, 3.63) is 78.4 Å². The van der Waals surface area contributed by atoms with Gasteiger partial charge in [0.15, 0.2) is 0 Å². The molecule has 0 bridgehead atoms. The van der Waals surface area contributed by atoms with Crippen LogP contribution in [0, 0.1) is 0 Å². The summed E-state index contributed by atoms with van der Waals surface area (Å²) in [4.78, 5) is 0. The summed E-state index contributed by atoms with van der Waals surface area (Å²) in [6, 6.07) is 24.4. The zero-order chi connectivity index (χ0) is 18.1. The van der Waals surface area contributed by atoms with E-state index in [0.29, 0.717) is 5.75 Å². The number of rotatable bonds is 4. The molecule has 0 aromatic heterocycles. The Morgan fingerprint density at radius 3 is 1.69 bits per heavy atom. The summed E-state index contributed by atoms with van der Waals surface area (Å²) >= 11 is 0. The van der Waals surface area contributed by atoms with E-state index in [1.54, 1.807) is 0 Å². The second-order valence-corrected chi connectivity index (χ2v) is 6.29. The predicted molar refractivity (Wildman–Crippen MR) is 107 cm³/mol. The molecule has 0 unspecified atom stereocenters. The summed E-state index contributed by atoms with van der Waals surface area (Å²) in [6.07, 6.45) is 1.00.